The van der Waals surface area contributed by atoms with Gasteiger partial charge in [-0.15, -0.1) is 0 Å². The molecule has 1 N–H and O–H groups in total. The highest BCUT2D eigenvalue weighted by Gasteiger charge is 2.35. The predicted molar refractivity (Wildman–Crippen MR) is 145 cm³/mol. The molecule has 1 unspecified atom stereocenters. The lowest BCUT2D eigenvalue weighted by atomic mass is 9.95. The molecule has 2 aromatic rings. The van der Waals surface area contributed by atoms with E-state index in [0.717, 1.165) is 50.5 Å². The zero-order valence-electron chi connectivity index (χ0n) is 21.9. The summed E-state index contributed by atoms with van der Waals surface area (Å²) in [4.78, 5) is 28.4. The lowest BCUT2D eigenvalue weighted by Crippen LogP contribution is -2.54. The molecule has 1 atom stereocenters. The van der Waals surface area contributed by atoms with E-state index < -0.39 is 40.3 Å². The largest absolute Gasteiger partial charge is 0.416 e. The highest BCUT2D eigenvalue weighted by atomic mass is 35.5. The molecule has 0 radical (unpaired) electrons. The lowest BCUT2D eigenvalue weighted by Gasteiger charge is -2.34. The summed E-state index contributed by atoms with van der Waals surface area (Å²) in [7, 11) is -4.17. The first-order chi connectivity index (χ1) is 18.3. The molecule has 0 spiro atoms. The van der Waals surface area contributed by atoms with Crippen LogP contribution in [-0.4, -0.2) is 50.0 Å². The number of amides is 2. The van der Waals surface area contributed by atoms with E-state index in [1.165, 1.54) is 11.0 Å². The molecule has 0 saturated heterocycles. The first kappa shape index (κ1) is 30.7. The van der Waals surface area contributed by atoms with Crippen LogP contribution >= 0.6 is 11.6 Å². The van der Waals surface area contributed by atoms with Gasteiger partial charge in [0.05, 0.1) is 17.5 Å². The van der Waals surface area contributed by atoms with E-state index in [2.05, 4.69) is 5.32 Å². The van der Waals surface area contributed by atoms with Crippen molar-refractivity contribution in [3.8, 4) is 0 Å². The number of rotatable bonds is 10. The van der Waals surface area contributed by atoms with E-state index in [-0.39, 0.29) is 30.6 Å². The van der Waals surface area contributed by atoms with Gasteiger partial charge in [-0.2, -0.15) is 13.2 Å². The molecular weight excluding hydrogens is 555 g/mol. The highest BCUT2D eigenvalue weighted by molar-refractivity contribution is 7.92. The highest BCUT2D eigenvalue weighted by Crippen LogP contribution is 2.32. The molecule has 0 bridgehead atoms. The zero-order chi connectivity index (χ0) is 28.8. The fourth-order valence-corrected chi connectivity index (χ4v) is 5.76. The number of carbonyl (C=O) groups is 2. The van der Waals surface area contributed by atoms with Crippen molar-refractivity contribution in [2.45, 2.75) is 70.3 Å². The van der Waals surface area contributed by atoms with Crippen LogP contribution in [0, 0.1) is 0 Å². The van der Waals surface area contributed by atoms with Gasteiger partial charge in [0, 0.05) is 17.6 Å². The number of alkyl halides is 3. The molecule has 7 nitrogen and oxygen atoms in total. The Labute approximate surface area is 232 Å². The van der Waals surface area contributed by atoms with E-state index in [4.69, 9.17) is 11.6 Å². The van der Waals surface area contributed by atoms with Gasteiger partial charge < -0.3 is 10.2 Å². The maximum Gasteiger partial charge on any atom is 0.416 e. The van der Waals surface area contributed by atoms with Gasteiger partial charge in [0.15, 0.2) is 0 Å². The summed E-state index contributed by atoms with van der Waals surface area (Å²) in [6.07, 6.45) is 1.08. The lowest BCUT2D eigenvalue weighted by molar-refractivity contribution is -0.140. The van der Waals surface area contributed by atoms with Gasteiger partial charge in [0.25, 0.3) is 0 Å². The van der Waals surface area contributed by atoms with Gasteiger partial charge in [0.2, 0.25) is 21.8 Å². The Balaban J connectivity index is 1.96. The van der Waals surface area contributed by atoms with Crippen LogP contribution in [0.1, 0.15) is 56.6 Å². The number of hydrogen-bond donors (Lipinski definition) is 1. The van der Waals surface area contributed by atoms with Gasteiger partial charge in [-0.25, -0.2) is 8.42 Å². The Kier molecular flexibility index (Phi) is 10.3. The van der Waals surface area contributed by atoms with Crippen LogP contribution in [0.15, 0.2) is 48.5 Å². The Morgan fingerprint density at radius 1 is 1.08 bits per heavy atom. The fourth-order valence-electron chi connectivity index (χ4n) is 4.73. The summed E-state index contributed by atoms with van der Waals surface area (Å²) < 4.78 is 66.0. The molecule has 2 amide bonds. The predicted octanol–water partition coefficient (Wildman–Crippen LogP) is 5.38. The summed E-state index contributed by atoms with van der Waals surface area (Å²) in [5.41, 5.74) is -0.813. The summed E-state index contributed by atoms with van der Waals surface area (Å²) in [5, 5.41) is 3.38. The van der Waals surface area contributed by atoms with Crippen LogP contribution in [0.25, 0.3) is 0 Å². The van der Waals surface area contributed by atoms with Crippen molar-refractivity contribution in [2.75, 3.05) is 17.1 Å². The minimum atomic E-state index is -4.70. The van der Waals surface area contributed by atoms with E-state index in [1.54, 1.807) is 31.2 Å². The number of halogens is 4. The molecule has 0 heterocycles. The van der Waals surface area contributed by atoms with E-state index in [1.807, 2.05) is 0 Å². The number of nitrogens with one attached hydrogen (secondary N) is 1. The molecule has 0 aromatic heterocycles. The van der Waals surface area contributed by atoms with Gasteiger partial charge in [-0.05, 0) is 49.1 Å². The summed E-state index contributed by atoms with van der Waals surface area (Å²) in [6, 6.07) is 9.56. The minimum Gasteiger partial charge on any atom is -0.352 e. The standard InChI is InChI=1S/C27H33ClF3N3O4S/c1-3-24(26(36)32-21-12-5-4-6-13-21)33(17-19-10-7-8-15-23(19)28)25(35)18-34(39(2,37)38)22-14-9-11-20(16-22)27(29,30)31/h7-11,14-16,21,24H,3-6,12-13,17-18H2,1-2H3,(H,32,36). The number of hydrogen-bond acceptors (Lipinski definition) is 4. The smallest absolute Gasteiger partial charge is 0.352 e. The van der Waals surface area contributed by atoms with Crippen LogP contribution in [0.4, 0.5) is 18.9 Å². The van der Waals surface area contributed by atoms with Crippen molar-refractivity contribution in [3.05, 3.63) is 64.7 Å². The first-order valence-corrected chi connectivity index (χ1v) is 15.0. The fraction of sp³-hybridized carbons (Fsp3) is 0.481. The zero-order valence-corrected chi connectivity index (χ0v) is 23.5. The molecule has 1 aliphatic carbocycles. The molecule has 2 aromatic carbocycles. The molecule has 1 fully saturated rings. The van der Waals surface area contributed by atoms with Gasteiger partial charge in [0.1, 0.15) is 12.6 Å². The van der Waals surface area contributed by atoms with Crippen molar-refractivity contribution >= 4 is 39.1 Å². The van der Waals surface area contributed by atoms with Crippen molar-refractivity contribution < 1.29 is 31.2 Å². The van der Waals surface area contributed by atoms with Crippen LogP contribution in [0.2, 0.25) is 5.02 Å². The normalized spacial score (nSPS) is 15.4. The minimum absolute atomic E-state index is 0.0183. The molecule has 39 heavy (non-hydrogen) atoms. The van der Waals surface area contributed by atoms with Crippen molar-refractivity contribution in [3.63, 3.8) is 0 Å². The molecule has 214 valence electrons. The number of benzene rings is 2. The van der Waals surface area contributed by atoms with E-state index in [9.17, 15) is 31.2 Å². The van der Waals surface area contributed by atoms with Crippen LogP contribution in [-0.2, 0) is 32.3 Å². The third-order valence-corrected chi connectivity index (χ3v) is 8.29. The van der Waals surface area contributed by atoms with Crippen molar-refractivity contribution in [1.29, 1.82) is 0 Å². The Morgan fingerprint density at radius 3 is 2.33 bits per heavy atom. The quantitative estimate of drug-likeness (QED) is 0.404. The molecule has 12 heteroatoms. The number of sulfonamides is 1. The summed E-state index contributed by atoms with van der Waals surface area (Å²) in [6.45, 7) is 0.853. The maximum atomic E-state index is 13.7. The topological polar surface area (TPSA) is 86.8 Å². The van der Waals surface area contributed by atoms with Crippen molar-refractivity contribution in [1.82, 2.24) is 10.2 Å². The van der Waals surface area contributed by atoms with E-state index >= 15 is 0 Å². The van der Waals surface area contributed by atoms with E-state index in [0.29, 0.717) is 21.0 Å². The summed E-state index contributed by atoms with van der Waals surface area (Å²) >= 11 is 6.34. The second-order valence-corrected chi connectivity index (χ2v) is 12.0. The SMILES string of the molecule is CCC(C(=O)NC1CCCCC1)N(Cc1ccccc1Cl)C(=O)CN(c1cccc(C(F)(F)F)c1)S(C)(=O)=O. The van der Waals surface area contributed by atoms with Crippen LogP contribution in [0.3, 0.4) is 0 Å². The molecule has 1 saturated carbocycles. The number of anilines is 1. The average Bonchev–Trinajstić information content (AvgIpc) is 2.87. The Hall–Kier alpha value is -2.79. The first-order valence-electron chi connectivity index (χ1n) is 12.8. The second-order valence-electron chi connectivity index (χ2n) is 9.70. The van der Waals surface area contributed by atoms with Crippen LogP contribution in [0.5, 0.6) is 0 Å². The second kappa shape index (κ2) is 13.0. The molecule has 0 aliphatic heterocycles. The summed E-state index contributed by atoms with van der Waals surface area (Å²) in [5.74, 6) is -1.11. The Morgan fingerprint density at radius 2 is 1.74 bits per heavy atom. The molecular formula is C27H33ClF3N3O4S. The monoisotopic (exact) mass is 587 g/mol. The molecule has 3 rings (SSSR count). The third-order valence-electron chi connectivity index (χ3n) is 6.78. The van der Waals surface area contributed by atoms with Gasteiger partial charge in [-0.3, -0.25) is 13.9 Å². The third kappa shape index (κ3) is 8.35. The molecule has 1 aliphatic rings. The van der Waals surface area contributed by atoms with Gasteiger partial charge >= 0.3 is 6.18 Å². The average molecular weight is 588 g/mol. The van der Waals surface area contributed by atoms with Gasteiger partial charge in [-0.1, -0.05) is 62.1 Å². The number of carbonyl (C=O) groups excluding carboxylic acids is 2. The maximum absolute atomic E-state index is 13.7. The van der Waals surface area contributed by atoms with Crippen molar-refractivity contribution in [2.24, 2.45) is 0 Å². The Bertz CT molecular complexity index is 1270. The van der Waals surface area contributed by atoms with Crippen LogP contribution < -0.4 is 9.62 Å². The number of nitrogens with zero attached hydrogens (tertiary/aromatic N) is 2.